The van der Waals surface area contributed by atoms with Crippen LogP contribution in [0.25, 0.3) is 11.0 Å². The first-order chi connectivity index (χ1) is 38.0. The van der Waals surface area contributed by atoms with Gasteiger partial charge in [0.15, 0.2) is 0 Å². The molecule has 2 aromatic carbocycles. The number of likely N-dealkylation sites (tertiary alicyclic amines) is 2. The van der Waals surface area contributed by atoms with Gasteiger partial charge in [0.05, 0.1) is 55.9 Å². The molecule has 4 amide bonds. The van der Waals surface area contributed by atoms with Crippen LogP contribution in [0.3, 0.4) is 0 Å². The maximum atomic E-state index is 14.4. The van der Waals surface area contributed by atoms with Crippen LogP contribution in [0.4, 0.5) is 5.69 Å². The largest absolute Gasteiger partial charge is 0.497 e. The van der Waals surface area contributed by atoms with E-state index in [-0.39, 0.29) is 59.4 Å². The van der Waals surface area contributed by atoms with E-state index in [0.29, 0.717) is 88.8 Å². The summed E-state index contributed by atoms with van der Waals surface area (Å²) in [7, 11) is 1.62. The lowest BCUT2D eigenvalue weighted by Crippen LogP contribution is -2.54. The number of aromatic amines is 1. The van der Waals surface area contributed by atoms with Gasteiger partial charge in [-0.1, -0.05) is 44.4 Å². The van der Waals surface area contributed by atoms with E-state index in [1.165, 1.54) is 0 Å². The number of hydrogen-bond acceptors (Lipinski definition) is 13. The predicted octanol–water partition coefficient (Wildman–Crippen LogP) is 7.21. The Bertz CT molecular complexity index is 2920. The molecule has 3 aliphatic heterocycles. The van der Waals surface area contributed by atoms with Crippen LogP contribution in [0.15, 0.2) is 83.9 Å². The van der Waals surface area contributed by atoms with Gasteiger partial charge in [-0.25, -0.2) is 4.98 Å². The third-order valence-corrected chi connectivity index (χ3v) is 16.1. The zero-order valence-electron chi connectivity index (χ0n) is 45.7. The van der Waals surface area contributed by atoms with Crippen molar-refractivity contribution >= 4 is 40.3 Å². The summed E-state index contributed by atoms with van der Waals surface area (Å²) >= 11 is 0. The van der Waals surface area contributed by atoms with Gasteiger partial charge in [-0.05, 0) is 111 Å². The highest BCUT2D eigenvalue weighted by molar-refractivity contribution is 5.98. The summed E-state index contributed by atoms with van der Waals surface area (Å²) in [6.45, 7) is 12.2. The maximum Gasteiger partial charge on any atom is 0.269 e. The molecule has 4 fully saturated rings. The molecular weight excluding hydrogens is 989 g/mol. The molecule has 9 rings (SSSR count). The second kappa shape index (κ2) is 27.1. The number of fused-ring (bicyclic) bond motifs is 1. The fourth-order valence-corrected chi connectivity index (χ4v) is 11.6. The minimum Gasteiger partial charge on any atom is -0.497 e. The lowest BCUT2D eigenvalue weighted by atomic mass is 9.83. The molecular formula is C60H86N10O8. The molecule has 5 aromatic rings. The van der Waals surface area contributed by atoms with Crippen molar-refractivity contribution in [1.29, 1.82) is 0 Å². The number of nitrogens with zero attached hydrogens (tertiary/aromatic N) is 6. The van der Waals surface area contributed by atoms with Crippen LogP contribution in [-0.4, -0.2) is 151 Å². The molecule has 424 valence electrons. The average molecular weight is 1080 g/mol. The SMILES string of the molecule is CCOc1cc(OC)ccc1CNCC(=O)N1CCCC(c2cccc(C(=O)N[C@@H](C(=O)N3CCC(OCCNC(=O)c4ccc(N5CCN(Cc6cnc7cc(CC)c(=O)[nH]c7c6)CC5)cn4)CC3)C3CCCCC3)c2)C1.[HH].[HH].[HH].[HH]. The smallest absolute Gasteiger partial charge is 0.269 e. The van der Waals surface area contributed by atoms with E-state index < -0.39 is 6.04 Å². The molecule has 78 heavy (non-hydrogen) atoms. The molecule has 3 aromatic heterocycles. The number of anilines is 1. The molecule has 0 bridgehead atoms. The molecule has 0 spiro atoms. The van der Waals surface area contributed by atoms with Crippen molar-refractivity contribution in [2.75, 3.05) is 90.7 Å². The van der Waals surface area contributed by atoms with Crippen molar-refractivity contribution in [3.05, 3.63) is 123 Å². The Morgan fingerprint density at radius 3 is 2.38 bits per heavy atom. The van der Waals surface area contributed by atoms with E-state index in [1.807, 2.05) is 90.5 Å². The summed E-state index contributed by atoms with van der Waals surface area (Å²) in [5, 5.41) is 9.46. The van der Waals surface area contributed by atoms with E-state index in [9.17, 15) is 24.0 Å². The Kier molecular flexibility index (Phi) is 19.4. The lowest BCUT2D eigenvalue weighted by Gasteiger charge is -2.37. The number of H-pyrrole nitrogens is 1. The molecule has 18 heteroatoms. The second-order valence-corrected chi connectivity index (χ2v) is 21.2. The summed E-state index contributed by atoms with van der Waals surface area (Å²) in [6.07, 6.45) is 12.4. The predicted molar refractivity (Wildman–Crippen MR) is 309 cm³/mol. The third kappa shape index (κ3) is 14.4. The molecule has 18 nitrogen and oxygen atoms in total. The molecule has 6 heterocycles. The summed E-state index contributed by atoms with van der Waals surface area (Å²) in [6, 6.07) is 20.4. The molecule has 2 atom stereocenters. The topological polar surface area (TPSA) is 204 Å². The van der Waals surface area contributed by atoms with Crippen LogP contribution >= 0.6 is 0 Å². The number of piperazine rings is 1. The number of nitrogens with one attached hydrogen (secondary N) is 4. The van der Waals surface area contributed by atoms with Crippen molar-refractivity contribution in [2.24, 2.45) is 5.92 Å². The maximum absolute atomic E-state index is 14.4. The van der Waals surface area contributed by atoms with Crippen molar-refractivity contribution < 1.29 is 39.1 Å². The van der Waals surface area contributed by atoms with Crippen LogP contribution < -0.4 is 35.9 Å². The van der Waals surface area contributed by atoms with Gasteiger partial charge in [0.1, 0.15) is 23.2 Å². The minimum absolute atomic E-state index is 0. The minimum atomic E-state index is -0.616. The highest BCUT2D eigenvalue weighted by Crippen LogP contribution is 2.31. The Morgan fingerprint density at radius 2 is 1.63 bits per heavy atom. The number of ether oxygens (including phenoxy) is 3. The molecule has 4 aliphatic rings. The Balaban J connectivity index is 0.00000308. The second-order valence-electron chi connectivity index (χ2n) is 21.2. The molecule has 1 saturated carbocycles. The Labute approximate surface area is 463 Å². The zero-order valence-corrected chi connectivity index (χ0v) is 45.7. The highest BCUT2D eigenvalue weighted by atomic mass is 16.5. The number of amides is 4. The quantitative estimate of drug-likeness (QED) is 0.0538. The van der Waals surface area contributed by atoms with E-state index >= 15 is 0 Å². The first-order valence-electron chi connectivity index (χ1n) is 28.4. The van der Waals surface area contributed by atoms with Crippen molar-refractivity contribution in [3.63, 3.8) is 0 Å². The summed E-state index contributed by atoms with van der Waals surface area (Å²) < 4.78 is 17.4. The molecule has 1 aliphatic carbocycles. The lowest BCUT2D eigenvalue weighted by molar-refractivity contribution is -0.137. The van der Waals surface area contributed by atoms with Crippen molar-refractivity contribution in [3.8, 4) is 11.5 Å². The molecule has 4 N–H and O–H groups in total. The normalized spacial score (nSPS) is 18.1. The first-order valence-corrected chi connectivity index (χ1v) is 28.4. The number of pyridine rings is 3. The fraction of sp³-hybridized carbons (Fsp3) is 0.517. The van der Waals surface area contributed by atoms with E-state index in [0.717, 1.165) is 122 Å². The van der Waals surface area contributed by atoms with Crippen LogP contribution in [0.1, 0.15) is 126 Å². The van der Waals surface area contributed by atoms with Crippen LogP contribution in [0.5, 0.6) is 11.5 Å². The summed E-state index contributed by atoms with van der Waals surface area (Å²) in [4.78, 5) is 87.9. The van der Waals surface area contributed by atoms with Gasteiger partial charge in [0.25, 0.3) is 17.4 Å². The third-order valence-electron chi connectivity index (χ3n) is 16.1. The number of carbonyl (C=O) groups excluding carboxylic acids is 4. The zero-order chi connectivity index (χ0) is 54.4. The fourth-order valence-electron chi connectivity index (χ4n) is 11.6. The van der Waals surface area contributed by atoms with Gasteiger partial charge >= 0.3 is 0 Å². The monoisotopic (exact) mass is 1070 g/mol. The molecule has 0 radical (unpaired) electrons. The standard InChI is InChI=1S/C60H78N10O8.4H2/c1-4-42-33-52-53(65-57(42)72)31-41(35-63-52)39-67-26-28-68(29-27-67)48-17-19-51(64-37-48)59(74)62-22-30-78-49-20-24-69(25-21-49)60(75)56(43-11-7-6-8-12-43)66-58(73)45-14-9-13-44(32-45)47-15-10-23-70(40-47)55(71)38-61-36-46-16-18-50(76-3)34-54(46)77-5-2;;;;/h9,13-14,16-19,31-35,37,43,47,49,56,61H,4-8,10-12,15,20-30,36,38-40H2,1-3H3,(H,62,74)(H,65,72)(H,66,73);4*1H/t47?,56-;;;;/m1..../s1. The van der Waals surface area contributed by atoms with Gasteiger partial charge in [-0.3, -0.25) is 33.9 Å². The number of hydrogen-bond donors (Lipinski definition) is 4. The van der Waals surface area contributed by atoms with Gasteiger partial charge in [0, 0.05) is 113 Å². The number of methoxy groups -OCH3 is 1. The van der Waals surface area contributed by atoms with Gasteiger partial charge in [0.2, 0.25) is 11.8 Å². The van der Waals surface area contributed by atoms with Crippen LogP contribution in [0.2, 0.25) is 0 Å². The van der Waals surface area contributed by atoms with Crippen LogP contribution in [-0.2, 0) is 33.8 Å². The highest BCUT2D eigenvalue weighted by Gasteiger charge is 2.36. The summed E-state index contributed by atoms with van der Waals surface area (Å²) in [5.41, 5.74) is 7.10. The van der Waals surface area contributed by atoms with Gasteiger partial charge in [-0.15, -0.1) is 0 Å². The number of aromatic nitrogens is 3. The Morgan fingerprint density at radius 1 is 0.808 bits per heavy atom. The molecule has 1 unspecified atom stereocenters. The number of rotatable bonds is 21. The number of carbonyl (C=O) groups is 4. The first kappa shape index (κ1) is 55.9. The van der Waals surface area contributed by atoms with E-state index in [4.69, 9.17) is 14.2 Å². The van der Waals surface area contributed by atoms with Crippen LogP contribution in [0, 0.1) is 5.92 Å². The van der Waals surface area contributed by atoms with E-state index in [1.54, 1.807) is 19.4 Å². The number of piperidine rings is 2. The number of aryl methyl sites for hydroxylation is 1. The van der Waals surface area contributed by atoms with E-state index in [2.05, 4.69) is 40.7 Å². The van der Waals surface area contributed by atoms with Gasteiger partial charge < -0.3 is 49.8 Å². The number of benzene rings is 2. The van der Waals surface area contributed by atoms with Crippen molar-refractivity contribution in [2.45, 2.75) is 109 Å². The summed E-state index contributed by atoms with van der Waals surface area (Å²) in [5.74, 6) is 1.09. The molecule has 3 saturated heterocycles. The van der Waals surface area contributed by atoms with Crippen molar-refractivity contribution in [1.82, 2.24) is 45.6 Å². The average Bonchev–Trinajstić information content (AvgIpc) is 3.51. The Hall–Kier alpha value is -6.89. The van der Waals surface area contributed by atoms with Gasteiger partial charge in [-0.2, -0.15) is 0 Å².